The Balaban J connectivity index is 1.06. The van der Waals surface area contributed by atoms with Gasteiger partial charge >= 0.3 is 24.0 Å². The number of aromatic carboxylic acids is 1. The number of carboxylic acids is 3. The maximum Gasteiger partial charge on any atom is 0.409 e. The fourth-order valence-electron chi connectivity index (χ4n) is 18.6. The first kappa shape index (κ1) is 116. The highest BCUT2D eigenvalue weighted by Gasteiger charge is 2.53. The van der Waals surface area contributed by atoms with Crippen molar-refractivity contribution in [1.29, 1.82) is 0 Å². The van der Waals surface area contributed by atoms with Crippen LogP contribution in [0.2, 0.25) is 0 Å². The van der Waals surface area contributed by atoms with Crippen molar-refractivity contribution in [3.05, 3.63) is 165 Å². The second kappa shape index (κ2) is 53.4. The average Bonchev–Trinajstić information content (AvgIpc) is 1.64. The number of rotatable bonds is 17. The molecule has 5 aliphatic rings. The molecule has 14 atom stereocenters. The van der Waals surface area contributed by atoms with E-state index in [1.165, 1.54) is 75.1 Å². The van der Waals surface area contributed by atoms with E-state index in [0.29, 0.717) is 33.0 Å². The summed E-state index contributed by atoms with van der Waals surface area (Å²) in [6.45, 7) is 10.1. The molecule has 0 unspecified atom stereocenters. The summed E-state index contributed by atoms with van der Waals surface area (Å²) in [6.07, 6.45) is 0.588. The van der Waals surface area contributed by atoms with Gasteiger partial charge in [-0.2, -0.15) is 0 Å². The van der Waals surface area contributed by atoms with Gasteiger partial charge in [-0.15, -0.1) is 11.3 Å². The molecule has 6 heterocycles. The summed E-state index contributed by atoms with van der Waals surface area (Å²) >= 11 is 4.92. The van der Waals surface area contributed by atoms with Crippen LogP contribution in [-0.4, -0.2) is 271 Å². The van der Waals surface area contributed by atoms with Crippen molar-refractivity contribution in [1.82, 2.24) is 89.6 Å². The first-order valence-corrected chi connectivity index (χ1v) is 51.6. The smallest absolute Gasteiger partial charge is 0.409 e. The zero-order valence-corrected chi connectivity index (χ0v) is 87.0. The number of aliphatic carboxylic acids is 2. The minimum atomic E-state index is -2.25. The Labute approximate surface area is 874 Å². The summed E-state index contributed by atoms with van der Waals surface area (Å²) in [7, 11) is 0. The molecule has 45 heteroatoms. The molecule has 5 aromatic rings. The first-order chi connectivity index (χ1) is 70.6. The number of carbonyl (C=O) groups excluding carboxylic acids is 18. The van der Waals surface area contributed by atoms with Crippen LogP contribution in [0, 0.1) is 5.41 Å². The molecule has 0 saturated carbocycles. The van der Waals surface area contributed by atoms with E-state index in [0.717, 1.165) is 9.60 Å². The number of halogens is 1. The Morgan fingerprint density at radius 2 is 1.08 bits per heavy atom. The first-order valence-electron chi connectivity index (χ1n) is 49.9. The molecule has 20 N–H and O–H groups in total. The Hall–Kier alpha value is -14.5. The van der Waals surface area contributed by atoms with Gasteiger partial charge in [0.15, 0.2) is 0 Å². The second-order valence-electron chi connectivity index (χ2n) is 40.2. The lowest BCUT2D eigenvalue weighted by Crippen LogP contribution is -2.66. The maximum absolute atomic E-state index is 16.2. The van der Waals surface area contributed by atoms with Gasteiger partial charge in [0.1, 0.15) is 88.6 Å². The normalized spacial score (nSPS) is 26.4. The van der Waals surface area contributed by atoms with Crippen molar-refractivity contribution < 1.29 is 121 Å². The molecule has 3 fully saturated rings. The minimum Gasteiger partial charge on any atom is -0.481 e. The molecule has 43 nitrogen and oxygen atoms in total. The maximum atomic E-state index is 16.2. The zero-order valence-electron chi connectivity index (χ0n) is 84.6. The van der Waals surface area contributed by atoms with Gasteiger partial charge in [-0.1, -0.05) is 140 Å². The van der Waals surface area contributed by atoms with Crippen molar-refractivity contribution in [3.8, 4) is 0 Å². The van der Waals surface area contributed by atoms with Gasteiger partial charge in [0, 0.05) is 67.8 Å². The highest BCUT2D eigenvalue weighted by Crippen LogP contribution is 2.36. The molecule has 3 bridgehead atoms. The van der Waals surface area contributed by atoms with Crippen molar-refractivity contribution >= 4 is 162 Å². The number of primary amides is 1. The number of carbonyl (C=O) groups is 21. The molecular weight excluding hydrogens is 2010 g/mol. The summed E-state index contributed by atoms with van der Waals surface area (Å²) in [5.74, 6) is -21.5. The molecule has 1 aromatic heterocycles. The number of nitrogens with one attached hydrogen (secondary N) is 15. The molecule has 10 rings (SSSR count). The molecule has 0 radical (unpaired) electrons. The molecule has 0 aliphatic carbocycles. The fraction of sp³-hybridized carbons (Fsp3) is 0.510. The van der Waals surface area contributed by atoms with Crippen LogP contribution in [0.1, 0.15) is 216 Å². The van der Waals surface area contributed by atoms with Crippen molar-refractivity contribution in [3.63, 3.8) is 0 Å². The number of benzene rings is 4. The topological polar surface area (TPSA) is 641 Å². The van der Waals surface area contributed by atoms with E-state index in [1.807, 2.05) is 18.2 Å². The predicted octanol–water partition coefficient (Wildman–Crippen LogP) is 3.44. The van der Waals surface area contributed by atoms with E-state index in [1.54, 1.807) is 111 Å². The number of carboxylic acid groups (broad SMARTS) is 3. The second-order valence-corrected chi connectivity index (χ2v) is 42.0. The van der Waals surface area contributed by atoms with E-state index in [9.17, 15) is 72.9 Å². The van der Waals surface area contributed by atoms with E-state index < -0.39 is 257 Å². The SMILES string of the molecule is CC(=O)N1CCC[C@]12C/C=C\CCC[C@@]1(CCC/C=C/CCCOC(=O)N3CC[C@@]4(C3)NC(=O)[C@H](CCCCNC(=O)CC[C@@H](C(=O)N[C@@H](C)C(N)=O)NC(=O)[C@H](Cc3csc5ccccc35)NC(=O)[C@H](Cc3ccccc3Br)NC4=O)NC(=O)[C@H](Cc3ccccc3)NC(=O)[C@H](C)NC(=O)C(C)(C)NC(=O)[C@H](Cc3cccc(C(=O)O)c3)NC(=O)[C@H](CC(=O)O)NC1=O)NC(=O)[C@H](CC(C)(C)C)NC(=O)[C@H](CC(=O)O)NC2=O. The standard InChI is InChI=1S/C104H135BrN18O25S/c1-60(83(106)130)108-85(132)71-39-40-80(125)107-46-26-22-37-70-91(138)121-103(97(145)116-75(53-65-33-18-20-36-69(65)105)88(135)114-74(87(134)111-71)54-67-58-149-79-38-21-19-35-68(67)79)45-48-122(59-103)99(147)148-49-27-14-10-9-11-23-41-102(42-24-12-13-25-43-104(44-29-47-123(104)62(3)124)98(146)118-77(56-82(128)129)90(137)115-78(93(140)120-102)57-100(4,5)6)96(144)117-76(55-81(126)127)89(136)113-73(52-64-32-28-34-66(50-64)94(141)142)92(139)119-101(7,8)95(143)109-61(2)84(131)112-72(86(133)110-70)51-63-30-16-15-17-31-63/h9-10,13,15-21,25,28,30-36,38,50,58,60-61,70-78H,11-12,14,22-24,26-27,29,37,39-49,51-57,59H2,1-8H3,(H2,106,130)(H,107,125)(H,108,132)(H,109,143)(H,110,133)(H,111,134)(H,112,131)(H,113,136)(H,114,135)(H,115,137)(H,116,145)(H,117,144)(H,118,146)(H,119,139)(H,120,140)(H,121,138)(H,126,127)(H,128,129)(H,141,142)/b10-9+,25-13-/t60-,61-,70-,71-,72-,73-,74-,75-,76-,77-,78-,102+,103-,104-/m0/s1. The summed E-state index contributed by atoms with van der Waals surface area (Å²) < 4.78 is 7.18. The van der Waals surface area contributed by atoms with E-state index in [-0.39, 0.29) is 153 Å². The molecule has 18 amide bonds. The van der Waals surface area contributed by atoms with Crippen LogP contribution >= 0.6 is 27.3 Å². The van der Waals surface area contributed by atoms with E-state index in [4.69, 9.17) is 10.5 Å². The van der Waals surface area contributed by atoms with Gasteiger partial charge in [-0.25, -0.2) is 9.59 Å². The number of amides is 18. The lowest BCUT2D eigenvalue weighted by Gasteiger charge is -2.38. The minimum absolute atomic E-state index is 0.00155. The highest BCUT2D eigenvalue weighted by molar-refractivity contribution is 9.10. The van der Waals surface area contributed by atoms with Gasteiger partial charge in [0.25, 0.3) is 0 Å². The number of allylic oxidation sites excluding steroid dienone is 3. The Morgan fingerprint density at radius 3 is 1.74 bits per heavy atom. The number of hydrogen-bond acceptors (Lipinski definition) is 23. The van der Waals surface area contributed by atoms with Gasteiger partial charge in [-0.3, -0.25) is 91.1 Å². The van der Waals surface area contributed by atoms with Crippen molar-refractivity contribution in [2.75, 3.05) is 32.8 Å². The number of thiophene rings is 1. The van der Waals surface area contributed by atoms with Gasteiger partial charge in [0.2, 0.25) is 100 Å². The highest BCUT2D eigenvalue weighted by atomic mass is 79.9. The van der Waals surface area contributed by atoms with Crippen LogP contribution in [0.3, 0.4) is 0 Å². The van der Waals surface area contributed by atoms with Crippen LogP contribution in [0.15, 0.2) is 137 Å². The number of cyclic esters (lactones) is 1. The lowest BCUT2D eigenvalue weighted by atomic mass is 9.83. The average molecular weight is 2150 g/mol. The van der Waals surface area contributed by atoms with Gasteiger partial charge < -0.3 is 115 Å². The van der Waals surface area contributed by atoms with Crippen LogP contribution in [-0.2, 0) is 122 Å². The van der Waals surface area contributed by atoms with Crippen molar-refractivity contribution in [2.24, 2.45) is 11.1 Å². The number of nitrogens with zero attached hydrogens (tertiary/aromatic N) is 2. The van der Waals surface area contributed by atoms with E-state index >= 15 is 43.2 Å². The molecule has 4 aromatic carbocycles. The molecular formula is C104H135BrN18O25S. The van der Waals surface area contributed by atoms with Gasteiger partial charge in [0.05, 0.1) is 31.6 Å². The third-order valence-electron chi connectivity index (χ3n) is 26.8. The molecule has 5 aliphatic heterocycles. The third kappa shape index (κ3) is 33.2. The number of nitrogens with two attached hydrogens (primary N) is 1. The number of ether oxygens (including phenoxy) is 1. The summed E-state index contributed by atoms with van der Waals surface area (Å²) in [5.41, 5.74) is -2.25. The Morgan fingerprint density at radius 1 is 0.530 bits per heavy atom. The Kier molecular flexibility index (Phi) is 41.7. The largest absolute Gasteiger partial charge is 0.481 e. The summed E-state index contributed by atoms with van der Waals surface area (Å²) in [4.78, 5) is 310. The molecule has 3 saturated heterocycles. The summed E-state index contributed by atoms with van der Waals surface area (Å²) in [5, 5.41) is 73.8. The number of hydrogen-bond donors (Lipinski definition) is 19. The fourth-order valence-corrected chi connectivity index (χ4v) is 20.0. The quantitative estimate of drug-likeness (QED) is 0.0593. The van der Waals surface area contributed by atoms with Crippen LogP contribution in [0.25, 0.3) is 10.1 Å². The number of fused-ring (bicyclic) bond motifs is 4. The third-order valence-corrected chi connectivity index (χ3v) is 28.6. The molecule has 3 spiro atoms. The van der Waals surface area contributed by atoms with Crippen LogP contribution < -0.4 is 85.5 Å². The molecule has 149 heavy (non-hydrogen) atoms. The van der Waals surface area contributed by atoms with Crippen LogP contribution in [0.4, 0.5) is 4.79 Å². The predicted molar refractivity (Wildman–Crippen MR) is 548 cm³/mol. The zero-order chi connectivity index (χ0) is 109. The van der Waals surface area contributed by atoms with E-state index in [2.05, 4.69) is 95.7 Å². The number of likely N-dealkylation sites (tertiary alicyclic amines) is 1. The van der Waals surface area contributed by atoms with Crippen LogP contribution in [0.5, 0.6) is 0 Å². The Bertz CT molecular complexity index is 5870. The monoisotopic (exact) mass is 2150 g/mol. The van der Waals surface area contributed by atoms with Gasteiger partial charge in [-0.05, 0) is 200 Å². The molecule has 804 valence electrons. The summed E-state index contributed by atoms with van der Waals surface area (Å²) in [6, 6.07) is 8.67. The van der Waals surface area contributed by atoms with Crippen molar-refractivity contribution in [2.45, 2.75) is 298 Å². The lowest BCUT2D eigenvalue weighted by molar-refractivity contribution is -0.146.